The number of aryl methyl sites for hydroxylation is 1. The molecule has 0 spiro atoms. The van der Waals surface area contributed by atoms with Crippen molar-refractivity contribution in [3.63, 3.8) is 0 Å². The van der Waals surface area contributed by atoms with Gasteiger partial charge in [0.2, 0.25) is 11.8 Å². The quantitative estimate of drug-likeness (QED) is 0.740. The Morgan fingerprint density at radius 2 is 1.89 bits per heavy atom. The number of carbonyl (C=O) groups is 2. The molecule has 0 N–H and O–H groups in total. The first-order valence-corrected chi connectivity index (χ1v) is 10.4. The zero-order valence-electron chi connectivity index (χ0n) is 16.8. The van der Waals surface area contributed by atoms with E-state index in [1.54, 1.807) is 0 Å². The number of nitrogens with zero attached hydrogens (tertiary/aromatic N) is 3. The largest absolute Gasteiger partial charge is 0.378 e. The standard InChI is InChI=1S/C22H33N3O2/c1-23(2)19-11-8-18(9-12-19)10-13-22(27)25-16-4-3-6-20(25)14-17-24-15-5-7-21(24)26/h8-9,11-12,20H,3-7,10,13-17H2,1-2H3/t20-/m1/s1. The minimum Gasteiger partial charge on any atom is -0.378 e. The van der Waals surface area contributed by atoms with E-state index in [1.165, 1.54) is 17.7 Å². The first-order valence-electron chi connectivity index (χ1n) is 10.4. The second-order valence-electron chi connectivity index (χ2n) is 8.07. The van der Waals surface area contributed by atoms with Crippen molar-refractivity contribution in [3.8, 4) is 0 Å². The number of hydrogen-bond acceptors (Lipinski definition) is 3. The van der Waals surface area contributed by atoms with Gasteiger partial charge in [0.15, 0.2) is 0 Å². The van der Waals surface area contributed by atoms with E-state index >= 15 is 0 Å². The van der Waals surface area contributed by atoms with Crippen LogP contribution in [0.15, 0.2) is 24.3 Å². The maximum absolute atomic E-state index is 12.9. The normalized spacial score (nSPS) is 20.2. The number of likely N-dealkylation sites (tertiary alicyclic amines) is 2. The molecule has 27 heavy (non-hydrogen) atoms. The molecule has 0 saturated carbocycles. The number of rotatable bonds is 7. The van der Waals surface area contributed by atoms with Crippen LogP contribution < -0.4 is 4.90 Å². The highest BCUT2D eigenvalue weighted by atomic mass is 16.2. The van der Waals surface area contributed by atoms with Crippen molar-refractivity contribution in [2.24, 2.45) is 0 Å². The maximum Gasteiger partial charge on any atom is 0.223 e. The number of amides is 2. The van der Waals surface area contributed by atoms with E-state index in [0.29, 0.717) is 18.9 Å². The predicted octanol–water partition coefficient (Wildman–Crippen LogP) is 3.08. The van der Waals surface area contributed by atoms with Crippen molar-refractivity contribution >= 4 is 17.5 Å². The third kappa shape index (κ3) is 5.24. The number of piperidine rings is 1. The van der Waals surface area contributed by atoms with Gasteiger partial charge in [-0.1, -0.05) is 12.1 Å². The van der Waals surface area contributed by atoms with Gasteiger partial charge >= 0.3 is 0 Å². The van der Waals surface area contributed by atoms with E-state index in [1.807, 2.05) is 19.0 Å². The SMILES string of the molecule is CN(C)c1ccc(CCC(=O)N2CCCC[C@@H]2CCN2CCCC2=O)cc1. The molecule has 1 aromatic carbocycles. The zero-order chi connectivity index (χ0) is 19.2. The van der Waals surface area contributed by atoms with Crippen LogP contribution in [0, 0.1) is 0 Å². The van der Waals surface area contributed by atoms with Gasteiger partial charge in [-0.05, 0) is 56.2 Å². The molecule has 2 aliphatic rings. The van der Waals surface area contributed by atoms with Gasteiger partial charge in [-0.2, -0.15) is 0 Å². The van der Waals surface area contributed by atoms with Gasteiger partial charge in [0, 0.05) is 58.3 Å². The lowest BCUT2D eigenvalue weighted by atomic mass is 9.98. The smallest absolute Gasteiger partial charge is 0.223 e. The topological polar surface area (TPSA) is 43.9 Å². The lowest BCUT2D eigenvalue weighted by molar-refractivity contribution is -0.135. The Balaban J connectivity index is 1.50. The van der Waals surface area contributed by atoms with E-state index < -0.39 is 0 Å². The minimum atomic E-state index is 0.268. The van der Waals surface area contributed by atoms with Crippen LogP contribution in [-0.2, 0) is 16.0 Å². The van der Waals surface area contributed by atoms with Gasteiger partial charge in [0.25, 0.3) is 0 Å². The van der Waals surface area contributed by atoms with Crippen LogP contribution in [0.3, 0.4) is 0 Å². The summed E-state index contributed by atoms with van der Waals surface area (Å²) < 4.78 is 0. The molecule has 2 fully saturated rings. The first-order chi connectivity index (χ1) is 13.0. The Hall–Kier alpha value is -2.04. The summed E-state index contributed by atoms with van der Waals surface area (Å²) in [5, 5.41) is 0. The monoisotopic (exact) mass is 371 g/mol. The summed E-state index contributed by atoms with van der Waals surface area (Å²) >= 11 is 0. The van der Waals surface area contributed by atoms with E-state index in [-0.39, 0.29) is 11.8 Å². The van der Waals surface area contributed by atoms with Crippen molar-refractivity contribution in [1.82, 2.24) is 9.80 Å². The van der Waals surface area contributed by atoms with Gasteiger partial charge in [-0.25, -0.2) is 0 Å². The Bertz CT molecular complexity index is 641. The highest BCUT2D eigenvalue weighted by molar-refractivity contribution is 5.78. The molecule has 0 unspecified atom stereocenters. The number of benzene rings is 1. The molecule has 2 saturated heterocycles. The fourth-order valence-electron chi connectivity index (χ4n) is 4.23. The predicted molar refractivity (Wildman–Crippen MR) is 109 cm³/mol. The highest BCUT2D eigenvalue weighted by Gasteiger charge is 2.28. The molecule has 2 aliphatic heterocycles. The van der Waals surface area contributed by atoms with Crippen molar-refractivity contribution < 1.29 is 9.59 Å². The van der Waals surface area contributed by atoms with E-state index in [2.05, 4.69) is 34.1 Å². The van der Waals surface area contributed by atoms with Crippen molar-refractivity contribution in [1.29, 1.82) is 0 Å². The van der Waals surface area contributed by atoms with Crippen LogP contribution in [0.2, 0.25) is 0 Å². The molecule has 1 aromatic rings. The molecule has 148 valence electrons. The van der Waals surface area contributed by atoms with E-state index in [9.17, 15) is 9.59 Å². The molecule has 0 aromatic heterocycles. The molecule has 2 heterocycles. The molecule has 2 amide bonds. The molecule has 3 rings (SSSR count). The molecule has 0 aliphatic carbocycles. The summed E-state index contributed by atoms with van der Waals surface area (Å²) in [5.74, 6) is 0.550. The molecule has 1 atom stereocenters. The highest BCUT2D eigenvalue weighted by Crippen LogP contribution is 2.23. The second kappa shape index (κ2) is 9.25. The molecular formula is C22H33N3O2. The van der Waals surface area contributed by atoms with Gasteiger partial charge in [0.1, 0.15) is 0 Å². The summed E-state index contributed by atoms with van der Waals surface area (Å²) in [6.07, 6.45) is 7.33. The zero-order valence-corrected chi connectivity index (χ0v) is 16.8. The Morgan fingerprint density at radius 1 is 1.11 bits per heavy atom. The van der Waals surface area contributed by atoms with Crippen LogP contribution in [-0.4, -0.2) is 61.4 Å². The summed E-state index contributed by atoms with van der Waals surface area (Å²) in [5.41, 5.74) is 2.39. The molecule has 5 heteroatoms. The summed E-state index contributed by atoms with van der Waals surface area (Å²) in [4.78, 5) is 30.8. The van der Waals surface area contributed by atoms with Crippen LogP contribution in [0.25, 0.3) is 0 Å². The van der Waals surface area contributed by atoms with Gasteiger partial charge in [-0.15, -0.1) is 0 Å². The van der Waals surface area contributed by atoms with Crippen LogP contribution in [0.4, 0.5) is 5.69 Å². The van der Waals surface area contributed by atoms with E-state index in [0.717, 1.165) is 51.7 Å². The summed E-state index contributed by atoms with van der Waals surface area (Å²) in [6.45, 7) is 2.57. The van der Waals surface area contributed by atoms with Crippen molar-refractivity contribution in [3.05, 3.63) is 29.8 Å². The molecule has 0 bridgehead atoms. The average molecular weight is 372 g/mol. The van der Waals surface area contributed by atoms with Crippen LogP contribution in [0.5, 0.6) is 0 Å². The molecule has 5 nitrogen and oxygen atoms in total. The Labute approximate surface area is 163 Å². The second-order valence-corrected chi connectivity index (χ2v) is 8.07. The Morgan fingerprint density at radius 3 is 2.56 bits per heavy atom. The lowest BCUT2D eigenvalue weighted by Gasteiger charge is -2.37. The number of carbonyl (C=O) groups excluding carboxylic acids is 2. The van der Waals surface area contributed by atoms with Gasteiger partial charge < -0.3 is 14.7 Å². The average Bonchev–Trinajstić information content (AvgIpc) is 3.10. The van der Waals surface area contributed by atoms with Crippen molar-refractivity contribution in [2.45, 2.75) is 57.4 Å². The molecule has 0 radical (unpaired) electrons. The summed E-state index contributed by atoms with van der Waals surface area (Å²) in [7, 11) is 4.06. The number of hydrogen-bond donors (Lipinski definition) is 0. The first kappa shape index (κ1) is 19.7. The molecular weight excluding hydrogens is 338 g/mol. The van der Waals surface area contributed by atoms with Crippen molar-refractivity contribution in [2.75, 3.05) is 38.6 Å². The summed E-state index contributed by atoms with van der Waals surface area (Å²) in [6, 6.07) is 8.76. The van der Waals surface area contributed by atoms with Crippen LogP contribution in [0.1, 0.15) is 50.5 Å². The number of anilines is 1. The fourth-order valence-corrected chi connectivity index (χ4v) is 4.23. The third-order valence-corrected chi connectivity index (χ3v) is 5.93. The lowest BCUT2D eigenvalue weighted by Crippen LogP contribution is -2.45. The maximum atomic E-state index is 12.9. The van der Waals surface area contributed by atoms with E-state index in [4.69, 9.17) is 0 Å². The van der Waals surface area contributed by atoms with Gasteiger partial charge in [-0.3, -0.25) is 9.59 Å². The Kier molecular flexibility index (Phi) is 6.75. The minimum absolute atomic E-state index is 0.268. The van der Waals surface area contributed by atoms with Gasteiger partial charge in [0.05, 0.1) is 0 Å². The third-order valence-electron chi connectivity index (χ3n) is 5.93. The fraction of sp³-hybridized carbons (Fsp3) is 0.636. The van der Waals surface area contributed by atoms with Crippen LogP contribution >= 0.6 is 0 Å².